The Kier molecular flexibility index (Phi) is 9.09. The first-order valence-electron chi connectivity index (χ1n) is 10.3. The number of phenolic OH excluding ortho intramolecular Hbond substituents is 1. The number of hydrogen-bond acceptors (Lipinski definition) is 2. The quantitative estimate of drug-likeness (QED) is 0.394. The number of unbranched alkanes of at least 4 members (excludes halogenated alkanes) is 6. The minimum atomic E-state index is 0.183. The van der Waals surface area contributed by atoms with Crippen LogP contribution in [0.4, 0.5) is 0 Å². The molecule has 0 amide bonds. The Balaban J connectivity index is 1.94. The lowest BCUT2D eigenvalue weighted by Crippen LogP contribution is -2.01. The van der Waals surface area contributed by atoms with Gasteiger partial charge in [0.2, 0.25) is 0 Å². The monoisotopic (exact) mass is 354 g/mol. The normalized spacial score (nSPS) is 12.1. The molecule has 0 bridgehead atoms. The molecule has 2 nitrogen and oxygen atoms in total. The Morgan fingerprint density at radius 3 is 2.08 bits per heavy atom. The van der Waals surface area contributed by atoms with Gasteiger partial charge in [0.15, 0.2) is 11.5 Å². The molecule has 0 aliphatic carbocycles. The fourth-order valence-electron chi connectivity index (χ4n) is 3.50. The van der Waals surface area contributed by atoms with Gasteiger partial charge in [0.25, 0.3) is 0 Å². The highest BCUT2D eigenvalue weighted by molar-refractivity contribution is 5.45. The summed E-state index contributed by atoms with van der Waals surface area (Å²) >= 11 is 0. The van der Waals surface area contributed by atoms with Gasteiger partial charge in [-0.2, -0.15) is 0 Å². The van der Waals surface area contributed by atoms with Gasteiger partial charge in [-0.3, -0.25) is 0 Å². The molecule has 0 fully saturated rings. The maximum absolute atomic E-state index is 10.00. The lowest BCUT2D eigenvalue weighted by atomic mass is 9.90. The molecule has 0 saturated heterocycles. The Morgan fingerprint density at radius 2 is 1.38 bits per heavy atom. The predicted molar refractivity (Wildman–Crippen MR) is 110 cm³/mol. The summed E-state index contributed by atoms with van der Waals surface area (Å²) in [5.41, 5.74) is 1.25. The van der Waals surface area contributed by atoms with Crippen LogP contribution in [0.5, 0.6) is 17.2 Å². The van der Waals surface area contributed by atoms with Gasteiger partial charge in [-0.1, -0.05) is 89.1 Å². The summed E-state index contributed by atoms with van der Waals surface area (Å²) in [6.45, 7) is 4.52. The van der Waals surface area contributed by atoms with E-state index in [1.54, 1.807) is 6.07 Å². The van der Waals surface area contributed by atoms with Crippen LogP contribution in [-0.2, 0) is 0 Å². The molecule has 0 spiro atoms. The Bertz CT molecular complexity index is 636. The van der Waals surface area contributed by atoms with Crippen LogP contribution >= 0.6 is 0 Å². The number of phenols is 1. The van der Waals surface area contributed by atoms with Crippen molar-refractivity contribution in [2.45, 2.75) is 77.6 Å². The average molecular weight is 355 g/mol. The molecule has 0 saturated carbocycles. The van der Waals surface area contributed by atoms with Crippen molar-refractivity contribution >= 4 is 0 Å². The van der Waals surface area contributed by atoms with E-state index in [4.69, 9.17) is 4.74 Å². The maximum atomic E-state index is 10.00. The second kappa shape index (κ2) is 11.6. The van der Waals surface area contributed by atoms with Crippen LogP contribution in [0.25, 0.3) is 0 Å². The van der Waals surface area contributed by atoms with E-state index in [2.05, 4.69) is 26.0 Å². The fourth-order valence-corrected chi connectivity index (χ4v) is 3.50. The fraction of sp³-hybridized carbons (Fsp3) is 0.500. The highest BCUT2D eigenvalue weighted by atomic mass is 16.5. The van der Waals surface area contributed by atoms with E-state index in [0.717, 1.165) is 12.2 Å². The second-order valence-electron chi connectivity index (χ2n) is 7.12. The first-order chi connectivity index (χ1) is 12.8. The van der Waals surface area contributed by atoms with E-state index >= 15 is 0 Å². The van der Waals surface area contributed by atoms with Crippen LogP contribution in [0.3, 0.4) is 0 Å². The molecule has 0 aliphatic rings. The van der Waals surface area contributed by atoms with E-state index < -0.39 is 0 Å². The minimum absolute atomic E-state index is 0.183. The van der Waals surface area contributed by atoms with Crippen molar-refractivity contribution in [3.05, 3.63) is 54.1 Å². The predicted octanol–water partition coefficient (Wildman–Crippen LogP) is 7.82. The zero-order valence-corrected chi connectivity index (χ0v) is 16.4. The second-order valence-corrected chi connectivity index (χ2v) is 7.12. The van der Waals surface area contributed by atoms with Crippen LogP contribution in [0, 0.1) is 0 Å². The third-order valence-electron chi connectivity index (χ3n) is 5.09. The molecule has 2 heteroatoms. The zero-order valence-electron chi connectivity index (χ0n) is 16.4. The molecule has 142 valence electrons. The molecule has 1 unspecified atom stereocenters. The third kappa shape index (κ3) is 6.40. The smallest absolute Gasteiger partial charge is 0.169 e. The first kappa shape index (κ1) is 20.4. The zero-order chi connectivity index (χ0) is 18.6. The van der Waals surface area contributed by atoms with Crippen molar-refractivity contribution < 1.29 is 9.84 Å². The number of rotatable bonds is 12. The topological polar surface area (TPSA) is 29.5 Å². The first-order valence-corrected chi connectivity index (χ1v) is 10.3. The lowest BCUT2D eigenvalue weighted by Gasteiger charge is -2.19. The Hall–Kier alpha value is -1.96. The van der Waals surface area contributed by atoms with Gasteiger partial charge in [0, 0.05) is 0 Å². The minimum Gasteiger partial charge on any atom is -0.504 e. The molecule has 2 rings (SSSR count). The van der Waals surface area contributed by atoms with E-state index in [9.17, 15) is 5.11 Å². The molecule has 2 aromatic carbocycles. The molecular weight excluding hydrogens is 320 g/mol. The van der Waals surface area contributed by atoms with Gasteiger partial charge in [-0.15, -0.1) is 0 Å². The van der Waals surface area contributed by atoms with Crippen LogP contribution < -0.4 is 4.74 Å². The number of para-hydroxylation sites is 3. The van der Waals surface area contributed by atoms with E-state index in [-0.39, 0.29) is 5.75 Å². The summed E-state index contributed by atoms with van der Waals surface area (Å²) in [5, 5.41) is 10.00. The van der Waals surface area contributed by atoms with Gasteiger partial charge in [0.1, 0.15) is 5.75 Å². The van der Waals surface area contributed by atoms with Crippen LogP contribution in [0.2, 0.25) is 0 Å². The van der Waals surface area contributed by atoms with E-state index in [0.29, 0.717) is 11.7 Å². The summed E-state index contributed by atoms with van der Waals surface area (Å²) in [5.74, 6) is 2.07. The summed E-state index contributed by atoms with van der Waals surface area (Å²) in [4.78, 5) is 0. The lowest BCUT2D eigenvalue weighted by molar-refractivity contribution is 0.404. The van der Waals surface area contributed by atoms with Gasteiger partial charge in [-0.05, 0) is 42.5 Å². The SMILES string of the molecule is CCCCCCCCCC(CC)c1ccccc1Oc1ccccc1O. The highest BCUT2D eigenvalue weighted by Crippen LogP contribution is 2.37. The summed E-state index contributed by atoms with van der Waals surface area (Å²) in [6, 6.07) is 15.4. The largest absolute Gasteiger partial charge is 0.504 e. The maximum Gasteiger partial charge on any atom is 0.169 e. The molecule has 0 heterocycles. The van der Waals surface area contributed by atoms with Crippen LogP contribution in [0.15, 0.2) is 48.5 Å². The third-order valence-corrected chi connectivity index (χ3v) is 5.09. The summed E-state index contributed by atoms with van der Waals surface area (Å²) in [7, 11) is 0. The van der Waals surface area contributed by atoms with Crippen molar-refractivity contribution in [1.82, 2.24) is 0 Å². The van der Waals surface area contributed by atoms with Crippen molar-refractivity contribution in [2.24, 2.45) is 0 Å². The standard InChI is InChI=1S/C24H34O2/c1-3-5-6-7-8-9-10-15-20(4-2)21-16-11-13-18-23(21)26-24-19-14-12-17-22(24)25/h11-14,16-20,25H,3-10,15H2,1-2H3. The van der Waals surface area contributed by atoms with Gasteiger partial charge >= 0.3 is 0 Å². The average Bonchev–Trinajstić information content (AvgIpc) is 2.67. The number of aromatic hydroxyl groups is 1. The molecule has 0 aromatic heterocycles. The van der Waals surface area contributed by atoms with Crippen molar-refractivity contribution in [1.29, 1.82) is 0 Å². The van der Waals surface area contributed by atoms with Crippen molar-refractivity contribution in [3.63, 3.8) is 0 Å². The highest BCUT2D eigenvalue weighted by Gasteiger charge is 2.15. The van der Waals surface area contributed by atoms with Gasteiger partial charge in [-0.25, -0.2) is 0 Å². The molecular formula is C24H34O2. The van der Waals surface area contributed by atoms with E-state index in [1.807, 2.05) is 30.3 Å². The van der Waals surface area contributed by atoms with Crippen LogP contribution in [-0.4, -0.2) is 5.11 Å². The molecule has 2 aromatic rings. The molecule has 1 N–H and O–H groups in total. The molecule has 0 radical (unpaired) electrons. The van der Waals surface area contributed by atoms with Crippen molar-refractivity contribution in [3.8, 4) is 17.2 Å². The van der Waals surface area contributed by atoms with E-state index in [1.165, 1.54) is 56.9 Å². The number of hydrogen-bond donors (Lipinski definition) is 1. The van der Waals surface area contributed by atoms with Crippen molar-refractivity contribution in [2.75, 3.05) is 0 Å². The molecule has 26 heavy (non-hydrogen) atoms. The van der Waals surface area contributed by atoms with Gasteiger partial charge < -0.3 is 9.84 Å². The Morgan fingerprint density at radius 1 is 0.769 bits per heavy atom. The number of ether oxygens (including phenoxy) is 1. The number of benzene rings is 2. The summed E-state index contributed by atoms with van der Waals surface area (Å²) in [6.07, 6.45) is 11.7. The molecule has 1 atom stereocenters. The van der Waals surface area contributed by atoms with Crippen LogP contribution in [0.1, 0.15) is 83.1 Å². The Labute approximate surface area is 159 Å². The molecule has 0 aliphatic heterocycles. The summed E-state index contributed by atoms with van der Waals surface area (Å²) < 4.78 is 6.04. The van der Waals surface area contributed by atoms with Gasteiger partial charge in [0.05, 0.1) is 0 Å².